The van der Waals surface area contributed by atoms with E-state index in [0.29, 0.717) is 31.0 Å². The summed E-state index contributed by atoms with van der Waals surface area (Å²) in [6.07, 6.45) is 0. The Hall–Kier alpha value is -1.83. The van der Waals surface area contributed by atoms with Crippen LogP contribution in [0.2, 0.25) is 0 Å². The molecule has 3 atom stereocenters. The normalized spacial score (nSPS) is 28.2. The van der Waals surface area contributed by atoms with E-state index in [2.05, 4.69) is 21.9 Å². The molecule has 1 aromatic carbocycles. The van der Waals surface area contributed by atoms with Crippen molar-refractivity contribution in [2.45, 2.75) is 6.04 Å². The monoisotopic (exact) mass is 403 g/mol. The van der Waals surface area contributed by atoms with E-state index in [4.69, 9.17) is 14.2 Å². The van der Waals surface area contributed by atoms with Crippen molar-refractivity contribution in [1.29, 1.82) is 0 Å². The maximum Gasteiger partial charge on any atom is 0.320 e. The number of carbonyl (C=O) groups excluding carboxylic acids is 1. The lowest BCUT2D eigenvalue weighted by Crippen LogP contribution is -2.42. The molecule has 4 rings (SSSR count). The van der Waals surface area contributed by atoms with Crippen molar-refractivity contribution in [3.05, 3.63) is 29.8 Å². The fraction of sp³-hybridized carbons (Fsp3) is 0.682. The molecule has 7 heteroatoms. The fourth-order valence-corrected chi connectivity index (χ4v) is 5.10. The summed E-state index contributed by atoms with van der Waals surface area (Å²) in [5.41, 5.74) is 1.19. The molecule has 7 nitrogen and oxygen atoms in total. The average molecular weight is 404 g/mol. The van der Waals surface area contributed by atoms with Gasteiger partial charge in [-0.15, -0.1) is 0 Å². The van der Waals surface area contributed by atoms with Crippen molar-refractivity contribution in [2.75, 3.05) is 73.8 Å². The number of carbonyl (C=O) groups is 1. The van der Waals surface area contributed by atoms with Gasteiger partial charge in [0.2, 0.25) is 0 Å². The summed E-state index contributed by atoms with van der Waals surface area (Å²) in [6, 6.07) is 8.40. The number of nitrogens with zero attached hydrogens (tertiary/aromatic N) is 3. The van der Waals surface area contributed by atoms with E-state index in [-0.39, 0.29) is 12.1 Å². The molecule has 0 radical (unpaired) electrons. The molecule has 0 bridgehead atoms. The van der Waals surface area contributed by atoms with Crippen molar-refractivity contribution in [1.82, 2.24) is 14.7 Å². The van der Waals surface area contributed by atoms with Crippen molar-refractivity contribution in [3.8, 4) is 5.75 Å². The van der Waals surface area contributed by atoms with Gasteiger partial charge < -0.3 is 28.9 Å². The zero-order valence-electron chi connectivity index (χ0n) is 17.8. The SMILES string of the molecule is COc1ccc([C@H]2[C@@H]3CN(CC4COCCOC4)C[C@@H]3CN2C(=O)N(C)C)cc1. The first-order valence-electron chi connectivity index (χ1n) is 10.6. The maximum atomic E-state index is 12.9. The highest BCUT2D eigenvalue weighted by molar-refractivity contribution is 5.75. The first-order valence-corrected chi connectivity index (χ1v) is 10.6. The van der Waals surface area contributed by atoms with Crippen LogP contribution in [0, 0.1) is 17.8 Å². The zero-order chi connectivity index (χ0) is 20.4. The number of urea groups is 1. The minimum Gasteiger partial charge on any atom is -0.497 e. The number of likely N-dealkylation sites (tertiary alicyclic amines) is 2. The maximum absolute atomic E-state index is 12.9. The molecule has 3 aliphatic rings. The van der Waals surface area contributed by atoms with E-state index < -0.39 is 0 Å². The molecule has 3 fully saturated rings. The number of hydrogen-bond donors (Lipinski definition) is 0. The molecule has 3 saturated heterocycles. The molecular formula is C22H33N3O4. The van der Waals surface area contributed by atoms with Crippen LogP contribution in [-0.2, 0) is 9.47 Å². The highest BCUT2D eigenvalue weighted by atomic mass is 16.5. The molecule has 0 aliphatic carbocycles. The molecule has 29 heavy (non-hydrogen) atoms. The Bertz CT molecular complexity index is 688. The number of benzene rings is 1. The number of methoxy groups -OCH3 is 1. The van der Waals surface area contributed by atoms with Gasteiger partial charge in [-0.05, 0) is 23.6 Å². The van der Waals surface area contributed by atoms with E-state index >= 15 is 0 Å². The van der Waals surface area contributed by atoms with Crippen LogP contribution in [0.4, 0.5) is 4.79 Å². The Balaban J connectivity index is 1.50. The smallest absolute Gasteiger partial charge is 0.320 e. The van der Waals surface area contributed by atoms with E-state index in [1.165, 1.54) is 5.56 Å². The minimum atomic E-state index is 0.0948. The summed E-state index contributed by atoms with van der Waals surface area (Å²) in [6.45, 7) is 6.81. The van der Waals surface area contributed by atoms with Gasteiger partial charge in [0.1, 0.15) is 5.75 Å². The lowest BCUT2D eigenvalue weighted by atomic mass is 9.89. The second-order valence-corrected chi connectivity index (χ2v) is 8.71. The molecule has 2 amide bonds. The fourth-order valence-electron chi connectivity index (χ4n) is 5.10. The third-order valence-electron chi connectivity index (χ3n) is 6.42. The Morgan fingerprint density at radius 2 is 1.79 bits per heavy atom. The van der Waals surface area contributed by atoms with E-state index in [1.54, 1.807) is 12.0 Å². The molecular weight excluding hydrogens is 370 g/mol. The lowest BCUT2D eigenvalue weighted by molar-refractivity contribution is 0.103. The van der Waals surface area contributed by atoms with Crippen LogP contribution < -0.4 is 4.74 Å². The number of fused-ring (bicyclic) bond motifs is 1. The van der Waals surface area contributed by atoms with Gasteiger partial charge >= 0.3 is 6.03 Å². The Kier molecular flexibility index (Phi) is 6.27. The van der Waals surface area contributed by atoms with Crippen LogP contribution >= 0.6 is 0 Å². The van der Waals surface area contributed by atoms with Crippen LogP contribution in [-0.4, -0.2) is 94.5 Å². The molecule has 0 spiro atoms. The predicted octanol–water partition coefficient (Wildman–Crippen LogP) is 1.94. The molecule has 3 aliphatic heterocycles. The largest absolute Gasteiger partial charge is 0.497 e. The number of hydrogen-bond acceptors (Lipinski definition) is 5. The summed E-state index contributed by atoms with van der Waals surface area (Å²) in [4.78, 5) is 19.2. The highest BCUT2D eigenvalue weighted by Crippen LogP contribution is 2.45. The summed E-state index contributed by atoms with van der Waals surface area (Å²) in [7, 11) is 5.35. The van der Waals surface area contributed by atoms with Crippen molar-refractivity contribution in [3.63, 3.8) is 0 Å². The van der Waals surface area contributed by atoms with Crippen molar-refractivity contribution >= 4 is 6.03 Å². The lowest BCUT2D eigenvalue weighted by Gasteiger charge is -2.32. The first kappa shape index (κ1) is 20.4. The Labute approximate surface area is 173 Å². The summed E-state index contributed by atoms with van der Waals surface area (Å²) >= 11 is 0. The number of rotatable bonds is 4. The van der Waals surface area contributed by atoms with Crippen LogP contribution in [0.3, 0.4) is 0 Å². The van der Waals surface area contributed by atoms with Crippen LogP contribution in [0.5, 0.6) is 5.75 Å². The van der Waals surface area contributed by atoms with Gasteiger partial charge in [-0.3, -0.25) is 0 Å². The molecule has 3 heterocycles. The van der Waals surface area contributed by atoms with Gasteiger partial charge in [-0.2, -0.15) is 0 Å². The van der Waals surface area contributed by atoms with Crippen LogP contribution in [0.25, 0.3) is 0 Å². The zero-order valence-corrected chi connectivity index (χ0v) is 17.8. The summed E-state index contributed by atoms with van der Waals surface area (Å²) in [5.74, 6) is 2.21. The quantitative estimate of drug-likeness (QED) is 0.769. The standard InChI is InChI=1S/C22H33N3O4/c1-23(2)22(26)25-12-18-11-24(10-16-14-28-8-9-29-15-16)13-20(18)21(25)17-4-6-19(27-3)7-5-17/h4-7,16,18,20-21H,8-15H2,1-3H3/t18-,20-,21+/m1/s1. The van der Waals surface area contributed by atoms with Crippen LogP contribution in [0.15, 0.2) is 24.3 Å². The summed E-state index contributed by atoms with van der Waals surface area (Å²) in [5, 5.41) is 0. The second kappa shape index (κ2) is 8.90. The molecule has 0 aromatic heterocycles. The minimum absolute atomic E-state index is 0.0948. The highest BCUT2D eigenvalue weighted by Gasteiger charge is 2.49. The van der Waals surface area contributed by atoms with Crippen molar-refractivity contribution < 1.29 is 19.0 Å². The third-order valence-corrected chi connectivity index (χ3v) is 6.42. The predicted molar refractivity (Wildman–Crippen MR) is 110 cm³/mol. The molecule has 0 saturated carbocycles. The van der Waals surface area contributed by atoms with Gasteiger partial charge in [0.25, 0.3) is 0 Å². The topological polar surface area (TPSA) is 54.5 Å². The van der Waals surface area contributed by atoms with E-state index in [0.717, 1.165) is 45.1 Å². The molecule has 1 aromatic rings. The number of amides is 2. The second-order valence-electron chi connectivity index (χ2n) is 8.71. The van der Waals surface area contributed by atoms with E-state index in [9.17, 15) is 4.79 Å². The Morgan fingerprint density at radius 3 is 2.41 bits per heavy atom. The van der Waals surface area contributed by atoms with Gasteiger partial charge in [0.05, 0.1) is 39.6 Å². The molecule has 0 unspecified atom stereocenters. The van der Waals surface area contributed by atoms with Gasteiger partial charge in [-0.25, -0.2) is 4.79 Å². The summed E-state index contributed by atoms with van der Waals surface area (Å²) < 4.78 is 16.7. The van der Waals surface area contributed by atoms with E-state index in [1.807, 2.05) is 26.2 Å². The van der Waals surface area contributed by atoms with Gasteiger partial charge in [0.15, 0.2) is 0 Å². The number of ether oxygens (including phenoxy) is 3. The average Bonchev–Trinajstić information content (AvgIpc) is 3.14. The molecule has 0 N–H and O–H groups in total. The van der Waals surface area contributed by atoms with Gasteiger partial charge in [0, 0.05) is 52.1 Å². The van der Waals surface area contributed by atoms with Crippen molar-refractivity contribution in [2.24, 2.45) is 17.8 Å². The van der Waals surface area contributed by atoms with Crippen LogP contribution in [0.1, 0.15) is 11.6 Å². The third kappa shape index (κ3) is 4.37. The van der Waals surface area contributed by atoms with Gasteiger partial charge in [-0.1, -0.05) is 12.1 Å². The Morgan fingerprint density at radius 1 is 1.10 bits per heavy atom. The first-order chi connectivity index (χ1) is 14.1. The molecule has 160 valence electrons.